The van der Waals surface area contributed by atoms with E-state index in [1.165, 1.54) is 0 Å². The Bertz CT molecular complexity index is 228. The number of halogens is 2. The van der Waals surface area contributed by atoms with E-state index in [0.29, 0.717) is 24.4 Å². The van der Waals surface area contributed by atoms with E-state index in [1.807, 2.05) is 0 Å². The van der Waals surface area contributed by atoms with Gasteiger partial charge in [-0.1, -0.05) is 12.2 Å². The van der Waals surface area contributed by atoms with Crippen LogP contribution in [0.1, 0.15) is 19.3 Å². The maximum atomic E-state index is 11.6. The van der Waals surface area contributed by atoms with E-state index in [1.54, 1.807) is 0 Å². The molecule has 0 fully saturated rings. The quantitative estimate of drug-likeness (QED) is 0.473. The van der Waals surface area contributed by atoms with E-state index in [2.05, 4.69) is 22.3 Å². The third-order valence-corrected chi connectivity index (χ3v) is 1.84. The standard InChI is InChI=1S/C9H16F2N2O2S/c10-7(11)6-15-5-3-9(14)13-4-1-2-8(12)16/h7H,1-6H2,(H2,12,16)(H,13,14). The molecule has 0 spiro atoms. The number of hydrogen-bond donors (Lipinski definition) is 2. The molecular formula is C9H16F2N2O2S. The number of amides is 1. The van der Waals surface area contributed by atoms with Crippen LogP contribution in [0.2, 0.25) is 0 Å². The summed E-state index contributed by atoms with van der Waals surface area (Å²) < 4.78 is 27.8. The van der Waals surface area contributed by atoms with Crippen molar-refractivity contribution in [2.45, 2.75) is 25.7 Å². The van der Waals surface area contributed by atoms with E-state index in [0.717, 1.165) is 0 Å². The van der Waals surface area contributed by atoms with Gasteiger partial charge in [0.05, 0.1) is 11.6 Å². The van der Waals surface area contributed by atoms with Crippen LogP contribution in [0.15, 0.2) is 0 Å². The number of thiocarbonyl (C=S) groups is 1. The number of nitrogens with one attached hydrogen (secondary N) is 1. The summed E-state index contributed by atoms with van der Waals surface area (Å²) in [5.74, 6) is -0.225. The lowest BCUT2D eigenvalue weighted by Crippen LogP contribution is -2.26. The van der Waals surface area contributed by atoms with Crippen LogP contribution >= 0.6 is 12.2 Å². The minimum atomic E-state index is -2.49. The number of carbonyl (C=O) groups excluding carboxylic acids is 1. The topological polar surface area (TPSA) is 64.3 Å². The van der Waals surface area contributed by atoms with Crippen LogP contribution in [0.3, 0.4) is 0 Å². The monoisotopic (exact) mass is 254 g/mol. The second-order valence-electron chi connectivity index (χ2n) is 3.14. The van der Waals surface area contributed by atoms with Crippen molar-refractivity contribution < 1.29 is 18.3 Å². The van der Waals surface area contributed by atoms with E-state index < -0.39 is 13.0 Å². The van der Waals surface area contributed by atoms with Crippen molar-refractivity contribution in [3.05, 3.63) is 0 Å². The first-order valence-electron chi connectivity index (χ1n) is 4.93. The van der Waals surface area contributed by atoms with Gasteiger partial charge in [-0.2, -0.15) is 0 Å². The Labute approximate surface area is 98.5 Å². The predicted molar refractivity (Wildman–Crippen MR) is 60.5 cm³/mol. The van der Waals surface area contributed by atoms with Gasteiger partial charge in [-0.15, -0.1) is 0 Å². The molecule has 0 radical (unpaired) electrons. The van der Waals surface area contributed by atoms with Gasteiger partial charge in [-0.3, -0.25) is 4.79 Å². The first-order chi connectivity index (χ1) is 7.52. The molecule has 0 rings (SSSR count). The average molecular weight is 254 g/mol. The van der Waals surface area contributed by atoms with E-state index >= 15 is 0 Å². The van der Waals surface area contributed by atoms with Crippen molar-refractivity contribution in [1.82, 2.24) is 5.32 Å². The molecule has 0 bridgehead atoms. The number of rotatable bonds is 9. The third-order valence-electron chi connectivity index (χ3n) is 1.64. The van der Waals surface area contributed by atoms with Crippen LogP contribution in [-0.4, -0.2) is 37.1 Å². The van der Waals surface area contributed by atoms with Crippen molar-refractivity contribution in [1.29, 1.82) is 0 Å². The SMILES string of the molecule is NC(=S)CCCNC(=O)CCOCC(F)F. The summed E-state index contributed by atoms with van der Waals surface area (Å²) in [6.45, 7) is -0.148. The van der Waals surface area contributed by atoms with Gasteiger partial charge in [0.2, 0.25) is 5.91 Å². The highest BCUT2D eigenvalue weighted by Crippen LogP contribution is 1.93. The number of hydrogen-bond acceptors (Lipinski definition) is 3. The van der Waals surface area contributed by atoms with E-state index in [-0.39, 0.29) is 18.9 Å². The van der Waals surface area contributed by atoms with Crippen molar-refractivity contribution in [3.8, 4) is 0 Å². The van der Waals surface area contributed by atoms with Gasteiger partial charge >= 0.3 is 0 Å². The zero-order valence-electron chi connectivity index (χ0n) is 8.88. The Morgan fingerprint density at radius 2 is 2.12 bits per heavy atom. The van der Waals surface area contributed by atoms with Crippen LogP contribution < -0.4 is 11.1 Å². The first-order valence-corrected chi connectivity index (χ1v) is 5.34. The molecule has 16 heavy (non-hydrogen) atoms. The maximum absolute atomic E-state index is 11.6. The number of carbonyl (C=O) groups is 1. The summed E-state index contributed by atoms with van der Waals surface area (Å²) in [7, 11) is 0. The van der Waals surface area contributed by atoms with Crippen LogP contribution in [0.4, 0.5) is 8.78 Å². The molecule has 7 heteroatoms. The molecular weight excluding hydrogens is 238 g/mol. The molecule has 0 unspecified atom stereocenters. The molecule has 0 aromatic carbocycles. The lowest BCUT2D eigenvalue weighted by Gasteiger charge is -2.05. The molecule has 0 aromatic rings. The minimum Gasteiger partial charge on any atom is -0.393 e. The van der Waals surface area contributed by atoms with Crippen LogP contribution in [0, 0.1) is 0 Å². The van der Waals surface area contributed by atoms with Crippen molar-refractivity contribution in [3.63, 3.8) is 0 Å². The van der Waals surface area contributed by atoms with Gasteiger partial charge in [-0.05, 0) is 12.8 Å². The van der Waals surface area contributed by atoms with Gasteiger partial charge in [-0.25, -0.2) is 8.78 Å². The summed E-state index contributed by atoms with van der Waals surface area (Å²) in [5.41, 5.74) is 5.26. The highest BCUT2D eigenvalue weighted by atomic mass is 32.1. The highest BCUT2D eigenvalue weighted by molar-refractivity contribution is 7.80. The molecule has 0 aromatic heterocycles. The number of nitrogens with two attached hydrogens (primary N) is 1. The summed E-state index contributed by atoms with van der Waals surface area (Å²) in [6.07, 6.45) is -1.15. The van der Waals surface area contributed by atoms with Gasteiger partial charge < -0.3 is 15.8 Å². The second-order valence-corrected chi connectivity index (χ2v) is 3.66. The largest absolute Gasteiger partial charge is 0.393 e. The molecule has 0 saturated heterocycles. The summed E-state index contributed by atoms with van der Waals surface area (Å²) in [6, 6.07) is 0. The Morgan fingerprint density at radius 1 is 1.44 bits per heavy atom. The minimum absolute atomic E-state index is 0.00543. The Morgan fingerprint density at radius 3 is 2.69 bits per heavy atom. The molecule has 4 nitrogen and oxygen atoms in total. The molecule has 94 valence electrons. The third kappa shape index (κ3) is 11.3. The molecule has 3 N–H and O–H groups in total. The van der Waals surface area contributed by atoms with Crippen molar-refractivity contribution in [2.75, 3.05) is 19.8 Å². The summed E-state index contributed by atoms with van der Waals surface area (Å²) in [4.78, 5) is 11.5. The molecule has 0 aliphatic rings. The zero-order valence-corrected chi connectivity index (χ0v) is 9.69. The van der Waals surface area contributed by atoms with Gasteiger partial charge in [0.15, 0.2) is 0 Å². The number of alkyl halides is 2. The van der Waals surface area contributed by atoms with Crippen LogP contribution in [-0.2, 0) is 9.53 Å². The molecule has 1 amide bonds. The second kappa shape index (κ2) is 9.41. The summed E-state index contributed by atoms with van der Waals surface area (Å²) in [5, 5.41) is 2.60. The van der Waals surface area contributed by atoms with Crippen LogP contribution in [0.25, 0.3) is 0 Å². The van der Waals surface area contributed by atoms with Gasteiger partial charge in [0.25, 0.3) is 6.43 Å². The fourth-order valence-corrected chi connectivity index (χ4v) is 1.06. The van der Waals surface area contributed by atoms with Gasteiger partial charge in [0.1, 0.15) is 6.61 Å². The van der Waals surface area contributed by atoms with Crippen molar-refractivity contribution in [2.24, 2.45) is 5.73 Å². The molecule has 0 heterocycles. The molecule has 0 aliphatic carbocycles. The molecule has 0 saturated carbocycles. The van der Waals surface area contributed by atoms with Crippen LogP contribution in [0.5, 0.6) is 0 Å². The zero-order chi connectivity index (χ0) is 12.4. The lowest BCUT2D eigenvalue weighted by atomic mass is 10.3. The fourth-order valence-electron chi connectivity index (χ4n) is 0.916. The Kier molecular flexibility index (Phi) is 8.93. The fraction of sp³-hybridized carbons (Fsp3) is 0.778. The lowest BCUT2D eigenvalue weighted by molar-refractivity contribution is -0.122. The smallest absolute Gasteiger partial charge is 0.261 e. The molecule has 0 atom stereocenters. The average Bonchev–Trinajstić information content (AvgIpc) is 2.19. The van der Waals surface area contributed by atoms with E-state index in [4.69, 9.17) is 5.73 Å². The maximum Gasteiger partial charge on any atom is 0.261 e. The first kappa shape index (κ1) is 15.2. The molecule has 0 aliphatic heterocycles. The normalized spacial score (nSPS) is 10.4. The Hall–Kier alpha value is -0.820. The summed E-state index contributed by atoms with van der Waals surface area (Å²) >= 11 is 4.66. The van der Waals surface area contributed by atoms with Gasteiger partial charge in [0, 0.05) is 13.0 Å². The predicted octanol–water partition coefficient (Wildman–Crippen LogP) is 0.841. The number of ether oxygens (including phenoxy) is 1. The highest BCUT2D eigenvalue weighted by Gasteiger charge is 2.04. The Balaban J connectivity index is 3.28. The van der Waals surface area contributed by atoms with E-state index in [9.17, 15) is 13.6 Å². The van der Waals surface area contributed by atoms with Crippen molar-refractivity contribution >= 4 is 23.1 Å².